The van der Waals surface area contributed by atoms with Crippen LogP contribution in [0.4, 0.5) is 4.79 Å². The number of aryl methyl sites for hydroxylation is 1. The Morgan fingerprint density at radius 3 is 2.87 bits per heavy atom. The number of amides is 2. The van der Waals surface area contributed by atoms with Gasteiger partial charge in [-0.3, -0.25) is 0 Å². The van der Waals surface area contributed by atoms with E-state index in [1.165, 1.54) is 34.5 Å². The molecule has 2 atom stereocenters. The van der Waals surface area contributed by atoms with Gasteiger partial charge in [-0.2, -0.15) is 0 Å². The number of allylic oxidation sites excluding steroid dienone is 3. The number of carbonyl (C=O) groups is 1. The second-order valence-corrected chi connectivity index (χ2v) is 8.18. The quantitative estimate of drug-likeness (QED) is 0.555. The topological polar surface area (TPSA) is 69.2 Å². The minimum absolute atomic E-state index is 0.0333. The number of nitrogens with zero attached hydrogens (tertiary/aromatic N) is 3. The van der Waals surface area contributed by atoms with Crippen molar-refractivity contribution in [2.45, 2.75) is 46.0 Å². The van der Waals surface area contributed by atoms with E-state index < -0.39 is 0 Å². The summed E-state index contributed by atoms with van der Waals surface area (Å²) in [4.78, 5) is 18.3. The van der Waals surface area contributed by atoms with Crippen molar-refractivity contribution in [2.24, 2.45) is 17.0 Å². The minimum atomic E-state index is -0.146. The second-order valence-electron chi connectivity index (χ2n) is 8.18. The van der Waals surface area contributed by atoms with Crippen molar-refractivity contribution in [1.29, 1.82) is 0 Å². The van der Waals surface area contributed by atoms with Crippen LogP contribution < -0.4 is 11.1 Å². The van der Waals surface area contributed by atoms with Crippen molar-refractivity contribution in [2.75, 3.05) is 13.7 Å². The highest BCUT2D eigenvalue weighted by Gasteiger charge is 2.36. The van der Waals surface area contributed by atoms with E-state index >= 15 is 0 Å². The number of oxime groups is 1. The van der Waals surface area contributed by atoms with Crippen LogP contribution >= 0.6 is 0 Å². The lowest BCUT2D eigenvalue weighted by molar-refractivity contribution is 0.0889. The molecule has 1 aliphatic heterocycles. The fourth-order valence-corrected chi connectivity index (χ4v) is 4.57. The summed E-state index contributed by atoms with van der Waals surface area (Å²) in [5, 5.41) is 7.44. The summed E-state index contributed by atoms with van der Waals surface area (Å²) in [5.41, 5.74) is 11.6. The van der Waals surface area contributed by atoms with E-state index in [0.717, 1.165) is 30.7 Å². The van der Waals surface area contributed by atoms with Crippen LogP contribution in [0.1, 0.15) is 49.8 Å². The average molecular weight is 410 g/mol. The lowest BCUT2D eigenvalue weighted by Crippen LogP contribution is -2.41. The van der Waals surface area contributed by atoms with Crippen molar-refractivity contribution < 1.29 is 9.63 Å². The third kappa shape index (κ3) is 4.00. The molecule has 4 rings (SSSR count). The van der Waals surface area contributed by atoms with Gasteiger partial charge in [0.15, 0.2) is 0 Å². The van der Waals surface area contributed by atoms with Gasteiger partial charge in [-0.15, -0.1) is 11.1 Å². The summed E-state index contributed by atoms with van der Waals surface area (Å²) < 4.78 is 0. The van der Waals surface area contributed by atoms with Gasteiger partial charge in [0.1, 0.15) is 6.61 Å². The molecule has 2 amide bonds. The first-order valence-corrected chi connectivity index (χ1v) is 10.8. The van der Waals surface area contributed by atoms with Crippen LogP contribution in [0.15, 0.2) is 47.3 Å². The van der Waals surface area contributed by atoms with Crippen LogP contribution in [0.25, 0.3) is 0 Å². The zero-order valence-corrected chi connectivity index (χ0v) is 18.0. The SMILES string of the molecule is CCC1C=CC=C(N2NNN(C)C2=O)C1CON=C(C)c1cccc2c1CCCC2. The Labute approximate surface area is 178 Å². The van der Waals surface area contributed by atoms with Crippen LogP contribution in [0.2, 0.25) is 0 Å². The predicted octanol–water partition coefficient (Wildman–Crippen LogP) is 3.69. The van der Waals surface area contributed by atoms with Crippen LogP contribution in [0.5, 0.6) is 0 Å². The molecule has 160 valence electrons. The molecular weight excluding hydrogens is 378 g/mol. The Bertz CT molecular complexity index is 892. The van der Waals surface area contributed by atoms with Crippen molar-refractivity contribution in [3.05, 3.63) is 58.8 Å². The number of fused-ring (bicyclic) bond motifs is 1. The van der Waals surface area contributed by atoms with E-state index in [0.29, 0.717) is 6.61 Å². The fourth-order valence-electron chi connectivity index (χ4n) is 4.57. The lowest BCUT2D eigenvalue weighted by Gasteiger charge is -2.31. The number of hydrazine groups is 3. The zero-order chi connectivity index (χ0) is 21.1. The van der Waals surface area contributed by atoms with Gasteiger partial charge in [0, 0.05) is 24.2 Å². The first-order chi connectivity index (χ1) is 14.6. The van der Waals surface area contributed by atoms with Crippen molar-refractivity contribution in [3.8, 4) is 0 Å². The molecule has 7 heteroatoms. The highest BCUT2D eigenvalue weighted by atomic mass is 16.6. The standard InChI is InChI=1S/C23H31N5O2/c1-4-17-10-8-14-22(28-23(29)27(3)25-26-28)21(17)15-30-24-16(2)19-13-7-11-18-9-5-6-12-20(18)19/h7-8,10-11,13-14,17,21,25-26H,4-6,9,12,15H2,1-3H3. The Morgan fingerprint density at radius 2 is 2.10 bits per heavy atom. The third-order valence-corrected chi connectivity index (χ3v) is 6.30. The first kappa shape index (κ1) is 20.6. The van der Waals surface area contributed by atoms with Gasteiger partial charge >= 0.3 is 6.03 Å². The molecule has 2 aliphatic carbocycles. The van der Waals surface area contributed by atoms with E-state index in [2.05, 4.69) is 47.4 Å². The highest BCUT2D eigenvalue weighted by molar-refractivity contribution is 6.00. The highest BCUT2D eigenvalue weighted by Crippen LogP contribution is 2.32. The molecule has 7 nitrogen and oxygen atoms in total. The monoisotopic (exact) mass is 409 g/mol. The molecule has 30 heavy (non-hydrogen) atoms. The van der Waals surface area contributed by atoms with Gasteiger partial charge in [0.05, 0.1) is 5.71 Å². The summed E-state index contributed by atoms with van der Waals surface area (Å²) in [6.07, 6.45) is 11.9. The maximum Gasteiger partial charge on any atom is 0.355 e. The maximum atomic E-state index is 12.4. The molecule has 1 fully saturated rings. The molecular formula is C23H31N5O2. The lowest BCUT2D eigenvalue weighted by atomic mass is 9.84. The van der Waals surface area contributed by atoms with E-state index in [1.807, 2.05) is 19.1 Å². The largest absolute Gasteiger partial charge is 0.395 e. The van der Waals surface area contributed by atoms with Crippen molar-refractivity contribution in [1.82, 2.24) is 21.1 Å². The Hall–Kier alpha value is -2.64. The number of benzene rings is 1. The van der Waals surface area contributed by atoms with Gasteiger partial charge < -0.3 is 4.84 Å². The third-order valence-electron chi connectivity index (χ3n) is 6.30. The molecule has 1 aromatic carbocycles. The number of hydrogen-bond donors (Lipinski definition) is 2. The summed E-state index contributed by atoms with van der Waals surface area (Å²) in [6.45, 7) is 4.58. The molecule has 2 unspecified atom stereocenters. The van der Waals surface area contributed by atoms with E-state index in [1.54, 1.807) is 12.1 Å². The minimum Gasteiger partial charge on any atom is -0.395 e. The molecule has 0 radical (unpaired) electrons. The van der Waals surface area contributed by atoms with Crippen LogP contribution in [0.3, 0.4) is 0 Å². The summed E-state index contributed by atoms with van der Waals surface area (Å²) in [5.74, 6) is 0.316. The maximum absolute atomic E-state index is 12.4. The van der Waals surface area contributed by atoms with E-state index in [-0.39, 0.29) is 17.9 Å². The van der Waals surface area contributed by atoms with Gasteiger partial charge in [0.2, 0.25) is 0 Å². The molecule has 2 N–H and O–H groups in total. The molecule has 0 spiro atoms. The van der Waals surface area contributed by atoms with E-state index in [4.69, 9.17) is 4.84 Å². The van der Waals surface area contributed by atoms with Gasteiger partial charge in [0.25, 0.3) is 0 Å². The summed E-state index contributed by atoms with van der Waals surface area (Å²) in [6, 6.07) is 6.35. The van der Waals surface area contributed by atoms with E-state index in [9.17, 15) is 4.79 Å². The number of carbonyl (C=O) groups excluding carboxylic acids is 1. The molecule has 1 saturated heterocycles. The molecule has 1 aromatic rings. The van der Waals surface area contributed by atoms with Crippen molar-refractivity contribution >= 4 is 11.7 Å². The molecule has 1 heterocycles. The van der Waals surface area contributed by atoms with Gasteiger partial charge in [-0.1, -0.05) is 42.4 Å². The Balaban J connectivity index is 1.49. The van der Waals surface area contributed by atoms with Crippen LogP contribution in [0, 0.1) is 11.8 Å². The molecule has 0 saturated carbocycles. The predicted molar refractivity (Wildman–Crippen MR) is 117 cm³/mol. The smallest absolute Gasteiger partial charge is 0.355 e. The number of rotatable bonds is 6. The summed E-state index contributed by atoms with van der Waals surface area (Å²) >= 11 is 0. The van der Waals surface area contributed by atoms with Gasteiger partial charge in [-0.05, 0) is 62.1 Å². The Morgan fingerprint density at radius 1 is 1.27 bits per heavy atom. The number of urea groups is 1. The normalized spacial score (nSPS) is 24.2. The average Bonchev–Trinajstić information content (AvgIpc) is 3.11. The summed E-state index contributed by atoms with van der Waals surface area (Å²) in [7, 11) is 1.69. The van der Waals surface area contributed by atoms with Crippen molar-refractivity contribution in [3.63, 3.8) is 0 Å². The molecule has 3 aliphatic rings. The fraction of sp³-hybridized carbons (Fsp3) is 0.478. The zero-order valence-electron chi connectivity index (χ0n) is 18.0. The second kappa shape index (κ2) is 9.02. The first-order valence-electron chi connectivity index (χ1n) is 10.8. The molecule has 0 aromatic heterocycles. The Kier molecular flexibility index (Phi) is 6.20. The molecule has 0 bridgehead atoms. The van der Waals surface area contributed by atoms with Crippen LogP contribution in [-0.2, 0) is 17.7 Å². The van der Waals surface area contributed by atoms with Gasteiger partial charge in [-0.25, -0.2) is 14.8 Å². The number of hydrogen-bond acceptors (Lipinski definition) is 5. The van der Waals surface area contributed by atoms with Crippen LogP contribution in [-0.4, -0.2) is 35.4 Å². The number of nitrogens with one attached hydrogen (secondary N) is 2.